The molecule has 120 valence electrons. The van der Waals surface area contributed by atoms with Gasteiger partial charge in [0.15, 0.2) is 11.9 Å². The van der Waals surface area contributed by atoms with E-state index in [1.54, 1.807) is 6.08 Å². The number of rotatable bonds is 0. The predicted molar refractivity (Wildman–Crippen MR) is 87.0 cm³/mol. The average Bonchev–Trinajstić information content (AvgIpc) is 2.51. The smallest absolute Gasteiger partial charge is 0.155 e. The van der Waals surface area contributed by atoms with Gasteiger partial charge in [0.1, 0.15) is 5.78 Å². The number of carbonyl (C=O) groups excluding carboxylic acids is 2. The first-order valence-corrected chi connectivity index (χ1v) is 8.46. The van der Waals surface area contributed by atoms with Crippen molar-refractivity contribution in [2.75, 3.05) is 0 Å². The Hall–Kier alpha value is -1.87. The Morgan fingerprint density at radius 2 is 1.87 bits per heavy atom. The van der Waals surface area contributed by atoms with E-state index in [1.807, 2.05) is 6.07 Å². The molecule has 3 atom stereocenters. The van der Waals surface area contributed by atoms with Crippen LogP contribution in [0, 0.1) is 45.3 Å². The Labute approximate surface area is 138 Å². The first-order valence-electron chi connectivity index (χ1n) is 8.46. The van der Waals surface area contributed by atoms with Crippen LogP contribution in [-0.2, 0) is 9.59 Å². The van der Waals surface area contributed by atoms with Crippen LogP contribution in [0.5, 0.6) is 0 Å². The zero-order valence-corrected chi connectivity index (χ0v) is 14.2. The van der Waals surface area contributed by atoms with E-state index in [4.69, 9.17) is 5.26 Å². The molecule has 3 rings (SSSR count). The predicted octanol–water partition coefficient (Wildman–Crippen LogP) is 3.59. The highest BCUT2D eigenvalue weighted by molar-refractivity contribution is 5.93. The van der Waals surface area contributed by atoms with E-state index in [1.165, 1.54) is 0 Å². The second-order valence-electron chi connectivity index (χ2n) is 8.12. The van der Waals surface area contributed by atoms with Crippen molar-refractivity contribution in [1.29, 1.82) is 5.26 Å². The van der Waals surface area contributed by atoms with Crippen molar-refractivity contribution in [2.45, 2.75) is 59.3 Å². The fourth-order valence-electron chi connectivity index (χ4n) is 5.41. The van der Waals surface area contributed by atoms with Crippen LogP contribution in [-0.4, -0.2) is 11.6 Å². The van der Waals surface area contributed by atoms with Crippen molar-refractivity contribution >= 4 is 11.6 Å². The van der Waals surface area contributed by atoms with Gasteiger partial charge in [-0.05, 0) is 48.7 Å². The summed E-state index contributed by atoms with van der Waals surface area (Å²) in [6, 6.07) is 1.93. The molecule has 3 aliphatic carbocycles. The summed E-state index contributed by atoms with van der Waals surface area (Å²) in [5, 5.41) is 8.90. The molecular formula is C20H23NO2. The highest BCUT2D eigenvalue weighted by atomic mass is 16.1. The summed E-state index contributed by atoms with van der Waals surface area (Å²) in [6.07, 6.45) is 6.14. The first kappa shape index (κ1) is 16.0. The van der Waals surface area contributed by atoms with Gasteiger partial charge in [-0.25, -0.2) is 0 Å². The summed E-state index contributed by atoms with van der Waals surface area (Å²) in [7, 11) is 0. The molecule has 0 saturated heterocycles. The van der Waals surface area contributed by atoms with Crippen LogP contribution in [0.1, 0.15) is 59.3 Å². The quantitative estimate of drug-likeness (QED) is 0.642. The van der Waals surface area contributed by atoms with Crippen LogP contribution in [0.15, 0.2) is 11.6 Å². The van der Waals surface area contributed by atoms with E-state index in [-0.39, 0.29) is 27.9 Å². The third kappa shape index (κ3) is 2.18. The van der Waals surface area contributed by atoms with Gasteiger partial charge in [-0.1, -0.05) is 26.7 Å². The fraction of sp³-hybridized carbons (Fsp3) is 0.650. The Morgan fingerprint density at radius 1 is 1.13 bits per heavy atom. The molecule has 0 aromatic rings. The number of fused-ring (bicyclic) bond motifs is 3. The molecule has 0 N–H and O–H groups in total. The Balaban J connectivity index is 2.15. The zero-order chi connectivity index (χ0) is 16.9. The minimum absolute atomic E-state index is 0.158. The van der Waals surface area contributed by atoms with Crippen molar-refractivity contribution in [1.82, 2.24) is 0 Å². The van der Waals surface area contributed by atoms with Gasteiger partial charge >= 0.3 is 0 Å². The standard InChI is InChI=1S/C20H23NO2/c1-18(2)15-6-11-20(8-4-12-21)10-5-14(22)13-16(20)19(15,3)9-7-17(18)23/h13,15H,5-7,9-11H2,1-3H3/t15-,19-,20+/m0/s1. The molecule has 0 spiro atoms. The van der Waals surface area contributed by atoms with Crippen LogP contribution in [0.4, 0.5) is 0 Å². The molecule has 2 fully saturated rings. The van der Waals surface area contributed by atoms with Gasteiger partial charge in [0.2, 0.25) is 0 Å². The fourth-order valence-corrected chi connectivity index (χ4v) is 5.41. The number of nitrogens with zero attached hydrogens (tertiary/aromatic N) is 1. The highest BCUT2D eigenvalue weighted by Gasteiger charge is 2.59. The molecule has 3 aliphatic rings. The SMILES string of the molecule is CC1(C)C(=O)CC[C@]2(C)C3=CC(=O)CC[C@]3(C#CC#N)CC[C@@H]12. The van der Waals surface area contributed by atoms with Crippen LogP contribution >= 0.6 is 0 Å². The van der Waals surface area contributed by atoms with Gasteiger partial charge < -0.3 is 0 Å². The lowest BCUT2D eigenvalue weighted by Crippen LogP contribution is -2.54. The number of hydrogen-bond donors (Lipinski definition) is 0. The highest BCUT2D eigenvalue weighted by Crippen LogP contribution is 2.64. The van der Waals surface area contributed by atoms with E-state index in [9.17, 15) is 9.59 Å². The molecular weight excluding hydrogens is 286 g/mol. The van der Waals surface area contributed by atoms with Crippen molar-refractivity contribution in [3.8, 4) is 17.9 Å². The molecule has 0 aromatic heterocycles. The lowest BCUT2D eigenvalue weighted by molar-refractivity contribution is -0.141. The molecule has 0 aliphatic heterocycles. The number of Topliss-reactive ketones (excluding diaryl/α,β-unsaturated/α-hetero) is 1. The summed E-state index contributed by atoms with van der Waals surface area (Å²) in [5.41, 5.74) is 0.227. The van der Waals surface area contributed by atoms with Crippen LogP contribution in [0.3, 0.4) is 0 Å². The van der Waals surface area contributed by atoms with Crippen molar-refractivity contribution < 1.29 is 9.59 Å². The molecule has 0 radical (unpaired) electrons. The molecule has 2 saturated carbocycles. The second-order valence-corrected chi connectivity index (χ2v) is 8.12. The molecule has 0 bridgehead atoms. The average molecular weight is 309 g/mol. The summed E-state index contributed by atoms with van der Waals surface area (Å²) in [4.78, 5) is 24.6. The molecule has 0 heterocycles. The topological polar surface area (TPSA) is 57.9 Å². The minimum Gasteiger partial charge on any atom is -0.299 e. The van der Waals surface area contributed by atoms with Crippen LogP contribution < -0.4 is 0 Å². The van der Waals surface area contributed by atoms with Gasteiger partial charge in [0.05, 0.1) is 5.41 Å². The van der Waals surface area contributed by atoms with Gasteiger partial charge in [-0.3, -0.25) is 9.59 Å². The zero-order valence-electron chi connectivity index (χ0n) is 14.2. The molecule has 0 aromatic carbocycles. The number of hydrogen-bond acceptors (Lipinski definition) is 3. The van der Waals surface area contributed by atoms with E-state index < -0.39 is 0 Å². The summed E-state index contributed by atoms with van der Waals surface area (Å²) in [6.45, 7) is 6.31. The third-order valence-electron chi connectivity index (χ3n) is 6.68. The molecule has 0 unspecified atom stereocenters. The number of nitriles is 1. The first-order chi connectivity index (χ1) is 10.8. The van der Waals surface area contributed by atoms with Crippen LogP contribution in [0.2, 0.25) is 0 Å². The normalized spacial score (nSPS) is 38.3. The van der Waals surface area contributed by atoms with Crippen molar-refractivity contribution in [3.63, 3.8) is 0 Å². The van der Waals surface area contributed by atoms with Crippen LogP contribution in [0.25, 0.3) is 0 Å². The molecule has 23 heavy (non-hydrogen) atoms. The lowest BCUT2D eigenvalue weighted by atomic mass is 9.44. The summed E-state index contributed by atoms with van der Waals surface area (Å²) in [5.74, 6) is 6.52. The van der Waals surface area contributed by atoms with Gasteiger partial charge in [-0.15, -0.1) is 0 Å². The number of carbonyl (C=O) groups is 2. The second kappa shape index (κ2) is 5.07. The Morgan fingerprint density at radius 3 is 2.57 bits per heavy atom. The Kier molecular flexibility index (Phi) is 3.53. The maximum atomic E-state index is 12.4. The number of allylic oxidation sites excluding steroid dienone is 2. The lowest BCUT2D eigenvalue weighted by Gasteiger charge is -2.59. The Bertz CT molecular complexity index is 712. The van der Waals surface area contributed by atoms with Gasteiger partial charge in [-0.2, -0.15) is 5.26 Å². The third-order valence-corrected chi connectivity index (χ3v) is 6.68. The monoisotopic (exact) mass is 309 g/mol. The van der Waals surface area contributed by atoms with E-state index in [0.717, 1.165) is 24.8 Å². The summed E-state index contributed by atoms with van der Waals surface area (Å²) >= 11 is 0. The molecule has 3 heteroatoms. The number of ketones is 2. The van der Waals surface area contributed by atoms with Gasteiger partial charge in [0, 0.05) is 24.2 Å². The summed E-state index contributed by atoms with van der Waals surface area (Å²) < 4.78 is 0. The molecule has 0 amide bonds. The van der Waals surface area contributed by atoms with E-state index in [0.29, 0.717) is 25.0 Å². The maximum Gasteiger partial charge on any atom is 0.155 e. The van der Waals surface area contributed by atoms with E-state index in [2.05, 4.69) is 32.6 Å². The van der Waals surface area contributed by atoms with Crippen molar-refractivity contribution in [3.05, 3.63) is 11.6 Å². The van der Waals surface area contributed by atoms with Crippen molar-refractivity contribution in [2.24, 2.45) is 22.2 Å². The molecule has 3 nitrogen and oxygen atoms in total. The van der Waals surface area contributed by atoms with Gasteiger partial charge in [0.25, 0.3) is 0 Å². The van der Waals surface area contributed by atoms with E-state index >= 15 is 0 Å². The maximum absolute atomic E-state index is 12.4. The minimum atomic E-state index is -0.358. The largest absolute Gasteiger partial charge is 0.299 e.